The predicted octanol–water partition coefficient (Wildman–Crippen LogP) is 3.23. The quantitative estimate of drug-likeness (QED) is 0.446. The van der Waals surface area contributed by atoms with Crippen LogP contribution >= 0.6 is 0 Å². The second-order valence-electron chi connectivity index (χ2n) is 5.37. The van der Waals surface area contributed by atoms with Gasteiger partial charge in [0.15, 0.2) is 0 Å². The second-order valence-corrected chi connectivity index (χ2v) is 5.37. The number of hydrogen-bond donors (Lipinski definition) is 0. The molecule has 0 aliphatic carbocycles. The maximum atomic E-state index is 11.9. The molecule has 0 atom stereocenters. The fourth-order valence-corrected chi connectivity index (χ4v) is 2.41. The lowest BCUT2D eigenvalue weighted by Crippen LogP contribution is -2.22. The number of aromatic nitrogens is 1. The van der Waals surface area contributed by atoms with Gasteiger partial charge in [0.25, 0.3) is 11.2 Å². The van der Waals surface area contributed by atoms with E-state index in [-0.39, 0.29) is 11.2 Å². The number of ether oxygens (including phenoxy) is 1. The molecule has 0 saturated heterocycles. The van der Waals surface area contributed by atoms with Crippen LogP contribution < -0.4 is 10.3 Å². The average Bonchev–Trinajstić information content (AvgIpc) is 2.51. The summed E-state index contributed by atoms with van der Waals surface area (Å²) in [5, 5.41) is 10.9. The SMILES string of the molecule is Cc1ccccc1OCCCCn1c(C)c([N+](=O)[O-])ccc1=O. The number of benzene rings is 1. The van der Waals surface area contributed by atoms with E-state index in [4.69, 9.17) is 4.74 Å². The number of unbranched alkanes of at least 4 members (excludes halogenated alkanes) is 1. The van der Waals surface area contributed by atoms with Gasteiger partial charge >= 0.3 is 0 Å². The van der Waals surface area contributed by atoms with E-state index in [1.165, 1.54) is 16.7 Å². The molecule has 122 valence electrons. The number of nitrogens with zero attached hydrogens (tertiary/aromatic N) is 2. The summed E-state index contributed by atoms with van der Waals surface area (Å²) in [7, 11) is 0. The van der Waals surface area contributed by atoms with Gasteiger partial charge < -0.3 is 9.30 Å². The number of nitro groups is 1. The van der Waals surface area contributed by atoms with Gasteiger partial charge in [-0.1, -0.05) is 18.2 Å². The molecule has 0 unspecified atom stereocenters. The van der Waals surface area contributed by atoms with Crippen molar-refractivity contribution in [2.45, 2.75) is 33.2 Å². The topological polar surface area (TPSA) is 74.4 Å². The van der Waals surface area contributed by atoms with Crippen LogP contribution in [0.25, 0.3) is 0 Å². The van der Waals surface area contributed by atoms with Crippen molar-refractivity contribution < 1.29 is 9.66 Å². The van der Waals surface area contributed by atoms with Gasteiger partial charge in [-0.2, -0.15) is 0 Å². The Labute approximate surface area is 134 Å². The number of rotatable bonds is 7. The molecular formula is C17H20N2O4. The van der Waals surface area contributed by atoms with Crippen molar-refractivity contribution in [1.29, 1.82) is 0 Å². The third kappa shape index (κ3) is 4.18. The molecule has 0 amide bonds. The van der Waals surface area contributed by atoms with Gasteiger partial charge in [0.1, 0.15) is 5.75 Å². The van der Waals surface area contributed by atoms with Crippen molar-refractivity contribution in [2.75, 3.05) is 6.61 Å². The molecule has 0 saturated carbocycles. The van der Waals surface area contributed by atoms with Gasteiger partial charge in [-0.25, -0.2) is 0 Å². The lowest BCUT2D eigenvalue weighted by molar-refractivity contribution is -0.386. The minimum Gasteiger partial charge on any atom is -0.493 e. The summed E-state index contributed by atoms with van der Waals surface area (Å²) in [5.74, 6) is 0.858. The largest absolute Gasteiger partial charge is 0.493 e. The van der Waals surface area contributed by atoms with E-state index >= 15 is 0 Å². The molecule has 1 heterocycles. The molecule has 6 nitrogen and oxygen atoms in total. The Morgan fingerprint density at radius 1 is 1.13 bits per heavy atom. The van der Waals surface area contributed by atoms with Gasteiger partial charge in [-0.3, -0.25) is 14.9 Å². The summed E-state index contributed by atoms with van der Waals surface area (Å²) < 4.78 is 7.15. The highest BCUT2D eigenvalue weighted by atomic mass is 16.6. The van der Waals surface area contributed by atoms with Crippen LogP contribution in [0.3, 0.4) is 0 Å². The maximum Gasteiger partial charge on any atom is 0.288 e. The lowest BCUT2D eigenvalue weighted by atomic mass is 10.2. The van der Waals surface area contributed by atoms with Crippen LogP contribution in [0.4, 0.5) is 5.69 Å². The molecule has 1 aromatic heterocycles. The average molecular weight is 316 g/mol. The van der Waals surface area contributed by atoms with E-state index in [0.29, 0.717) is 25.3 Å². The van der Waals surface area contributed by atoms with Crippen molar-refractivity contribution in [3.8, 4) is 5.75 Å². The highest BCUT2D eigenvalue weighted by Crippen LogP contribution is 2.17. The summed E-state index contributed by atoms with van der Waals surface area (Å²) in [6.07, 6.45) is 1.48. The number of hydrogen-bond acceptors (Lipinski definition) is 4. The van der Waals surface area contributed by atoms with Crippen molar-refractivity contribution in [1.82, 2.24) is 4.57 Å². The van der Waals surface area contributed by atoms with E-state index in [2.05, 4.69) is 0 Å². The first-order valence-corrected chi connectivity index (χ1v) is 7.54. The first-order chi connectivity index (χ1) is 11.0. The van der Waals surface area contributed by atoms with Crippen molar-refractivity contribution in [3.05, 3.63) is 68.1 Å². The van der Waals surface area contributed by atoms with Crippen LogP contribution in [0.2, 0.25) is 0 Å². The molecule has 23 heavy (non-hydrogen) atoms. The Hall–Kier alpha value is -2.63. The highest BCUT2D eigenvalue weighted by molar-refractivity contribution is 5.34. The zero-order valence-electron chi connectivity index (χ0n) is 13.3. The number of pyridine rings is 1. The molecule has 0 bridgehead atoms. The first kappa shape index (κ1) is 16.7. The van der Waals surface area contributed by atoms with Gasteiger partial charge in [0.2, 0.25) is 0 Å². The highest BCUT2D eigenvalue weighted by Gasteiger charge is 2.14. The van der Waals surface area contributed by atoms with Gasteiger partial charge in [0.05, 0.1) is 17.2 Å². The van der Waals surface area contributed by atoms with E-state index in [1.807, 2.05) is 31.2 Å². The van der Waals surface area contributed by atoms with Crippen LogP contribution in [-0.2, 0) is 6.54 Å². The summed E-state index contributed by atoms with van der Waals surface area (Å²) >= 11 is 0. The van der Waals surface area contributed by atoms with Gasteiger partial charge in [-0.05, 0) is 38.3 Å². The first-order valence-electron chi connectivity index (χ1n) is 7.54. The van der Waals surface area contributed by atoms with Crippen LogP contribution in [0.5, 0.6) is 5.75 Å². The Morgan fingerprint density at radius 3 is 2.57 bits per heavy atom. The van der Waals surface area contributed by atoms with Crippen molar-refractivity contribution in [2.24, 2.45) is 0 Å². The molecule has 0 spiro atoms. The normalized spacial score (nSPS) is 10.5. The molecule has 2 aromatic rings. The fraction of sp³-hybridized carbons (Fsp3) is 0.353. The van der Waals surface area contributed by atoms with Crippen molar-refractivity contribution in [3.63, 3.8) is 0 Å². The molecule has 0 aliphatic rings. The molecule has 0 N–H and O–H groups in total. The smallest absolute Gasteiger partial charge is 0.288 e. The monoisotopic (exact) mass is 316 g/mol. The molecule has 0 radical (unpaired) electrons. The van der Waals surface area contributed by atoms with E-state index < -0.39 is 4.92 Å². The maximum absolute atomic E-state index is 11.9. The number of para-hydroxylation sites is 1. The second kappa shape index (κ2) is 7.58. The zero-order valence-corrected chi connectivity index (χ0v) is 13.3. The van der Waals surface area contributed by atoms with E-state index in [1.54, 1.807) is 6.92 Å². The Kier molecular flexibility index (Phi) is 5.51. The third-order valence-corrected chi connectivity index (χ3v) is 3.75. The van der Waals surface area contributed by atoms with Crippen molar-refractivity contribution >= 4 is 5.69 Å². The molecule has 0 aliphatic heterocycles. The molecule has 1 aromatic carbocycles. The fourth-order valence-electron chi connectivity index (χ4n) is 2.41. The summed E-state index contributed by atoms with van der Waals surface area (Å²) in [5.41, 5.74) is 1.23. The van der Waals surface area contributed by atoms with Crippen LogP contribution in [0, 0.1) is 24.0 Å². The zero-order chi connectivity index (χ0) is 16.8. The van der Waals surface area contributed by atoms with E-state index in [9.17, 15) is 14.9 Å². The van der Waals surface area contributed by atoms with Crippen LogP contribution in [0.1, 0.15) is 24.1 Å². The summed E-state index contributed by atoms with van der Waals surface area (Å²) in [6, 6.07) is 10.3. The van der Waals surface area contributed by atoms with E-state index in [0.717, 1.165) is 17.7 Å². The summed E-state index contributed by atoms with van der Waals surface area (Å²) in [4.78, 5) is 22.3. The third-order valence-electron chi connectivity index (χ3n) is 3.75. The molecule has 2 rings (SSSR count). The Morgan fingerprint density at radius 2 is 1.87 bits per heavy atom. The summed E-state index contributed by atoms with van der Waals surface area (Å²) in [6.45, 7) is 4.59. The lowest BCUT2D eigenvalue weighted by Gasteiger charge is -2.11. The Balaban J connectivity index is 1.90. The van der Waals surface area contributed by atoms with Crippen LogP contribution in [0.15, 0.2) is 41.2 Å². The minimum absolute atomic E-state index is 0.0271. The molecule has 0 fully saturated rings. The van der Waals surface area contributed by atoms with Gasteiger partial charge in [-0.15, -0.1) is 0 Å². The standard InChI is InChI=1S/C17H20N2O4/c1-13-7-3-4-8-16(13)23-12-6-5-11-18-14(2)15(19(21)22)9-10-17(18)20/h3-4,7-10H,5-6,11-12H2,1-2H3. The molecule has 6 heteroatoms. The van der Waals surface area contributed by atoms with Crippen LogP contribution in [-0.4, -0.2) is 16.1 Å². The minimum atomic E-state index is -0.466. The Bertz CT molecular complexity index is 752. The van der Waals surface area contributed by atoms with Gasteiger partial charge in [0, 0.05) is 18.7 Å². The number of aryl methyl sites for hydroxylation is 1. The molecular weight excluding hydrogens is 296 g/mol. The predicted molar refractivity (Wildman–Crippen MR) is 88.0 cm³/mol.